The monoisotopic (exact) mass is 445 g/mol. The molecular weight excluding hydrogens is 432 g/mol. The third kappa shape index (κ3) is 5.23. The maximum absolute atomic E-state index is 13.0. The lowest BCUT2D eigenvalue weighted by Crippen LogP contribution is -2.29. The van der Waals surface area contributed by atoms with Gasteiger partial charge in [-0.25, -0.2) is 9.37 Å². The van der Waals surface area contributed by atoms with Gasteiger partial charge < -0.3 is 9.73 Å². The number of carbonyl (C=O) groups excluding carboxylic acids is 2. The molecular formula is C21H14Cl2FN3O3. The number of ketones is 1. The van der Waals surface area contributed by atoms with Crippen molar-refractivity contribution in [1.29, 1.82) is 5.26 Å². The first kappa shape index (κ1) is 21.5. The lowest BCUT2D eigenvalue weighted by Gasteiger charge is -2.10. The third-order valence-electron chi connectivity index (χ3n) is 4.17. The molecule has 9 heteroatoms. The Hall–Kier alpha value is -3.21. The lowest BCUT2D eigenvalue weighted by molar-refractivity contribution is -0.128. The van der Waals surface area contributed by atoms with Gasteiger partial charge in [-0.05, 0) is 42.5 Å². The molecule has 30 heavy (non-hydrogen) atoms. The molecule has 1 heterocycles. The highest BCUT2D eigenvalue weighted by molar-refractivity contribution is 6.36. The number of amides is 1. The second-order valence-electron chi connectivity index (χ2n) is 6.27. The van der Waals surface area contributed by atoms with Gasteiger partial charge in [0.25, 0.3) is 0 Å². The normalized spacial score (nSPS) is 11.5. The van der Waals surface area contributed by atoms with Gasteiger partial charge in [-0.3, -0.25) is 9.59 Å². The molecule has 1 N–H and O–H groups in total. The Kier molecular flexibility index (Phi) is 6.83. The fraction of sp³-hybridized carbons (Fsp3) is 0.143. The van der Waals surface area contributed by atoms with Crippen LogP contribution >= 0.6 is 23.2 Å². The van der Waals surface area contributed by atoms with Crippen LogP contribution in [0.4, 0.5) is 10.1 Å². The molecule has 152 valence electrons. The molecule has 0 saturated heterocycles. The summed E-state index contributed by atoms with van der Waals surface area (Å²) in [7, 11) is 0. The molecule has 0 radical (unpaired) electrons. The summed E-state index contributed by atoms with van der Waals surface area (Å²) < 4.78 is 18.6. The SMILES string of the molecule is N#CC(C(=O)CCc1ncc(-c2ccc(F)cc2)o1)C(=O)Nc1ccc(Cl)cc1Cl. The van der Waals surface area contributed by atoms with Gasteiger partial charge in [-0.15, -0.1) is 0 Å². The van der Waals surface area contributed by atoms with E-state index in [2.05, 4.69) is 10.3 Å². The van der Waals surface area contributed by atoms with Crippen molar-refractivity contribution in [2.75, 3.05) is 5.32 Å². The standard InChI is InChI=1S/C21H14Cl2FN3O3/c22-13-3-6-17(16(23)9-13)27-21(29)15(10-25)18(28)7-8-20-26-11-19(30-20)12-1-4-14(24)5-2-12/h1-6,9,11,15H,7-8H2,(H,27,29). The van der Waals surface area contributed by atoms with Crippen molar-refractivity contribution in [2.24, 2.45) is 5.92 Å². The van der Waals surface area contributed by atoms with E-state index in [-0.39, 0.29) is 35.3 Å². The van der Waals surface area contributed by atoms with Gasteiger partial charge in [0.15, 0.2) is 23.4 Å². The first-order valence-electron chi connectivity index (χ1n) is 8.76. The first-order valence-corrected chi connectivity index (χ1v) is 9.52. The molecule has 2 aromatic carbocycles. The number of nitrogens with one attached hydrogen (secondary N) is 1. The Morgan fingerprint density at radius 3 is 2.60 bits per heavy atom. The summed E-state index contributed by atoms with van der Waals surface area (Å²) in [4.78, 5) is 28.8. The molecule has 0 aliphatic rings. The molecule has 0 spiro atoms. The average Bonchev–Trinajstić information content (AvgIpc) is 3.19. The van der Waals surface area contributed by atoms with Gasteiger partial charge in [-0.2, -0.15) is 5.26 Å². The van der Waals surface area contributed by atoms with E-state index in [4.69, 9.17) is 27.6 Å². The number of nitriles is 1. The maximum atomic E-state index is 13.0. The summed E-state index contributed by atoms with van der Waals surface area (Å²) in [6.45, 7) is 0. The van der Waals surface area contributed by atoms with E-state index in [0.29, 0.717) is 16.3 Å². The molecule has 1 unspecified atom stereocenters. The van der Waals surface area contributed by atoms with Crippen LogP contribution < -0.4 is 5.32 Å². The van der Waals surface area contributed by atoms with E-state index in [9.17, 15) is 19.2 Å². The van der Waals surface area contributed by atoms with E-state index >= 15 is 0 Å². The van der Waals surface area contributed by atoms with Crippen molar-refractivity contribution in [2.45, 2.75) is 12.8 Å². The Morgan fingerprint density at radius 1 is 1.20 bits per heavy atom. The maximum Gasteiger partial charge on any atom is 0.249 e. The molecule has 3 rings (SSSR count). The average molecular weight is 446 g/mol. The largest absolute Gasteiger partial charge is 0.441 e. The van der Waals surface area contributed by atoms with E-state index < -0.39 is 17.6 Å². The molecule has 0 saturated carbocycles. The minimum absolute atomic E-state index is 0.104. The van der Waals surface area contributed by atoms with Crippen LogP contribution in [-0.4, -0.2) is 16.7 Å². The number of hydrogen-bond donors (Lipinski definition) is 1. The van der Waals surface area contributed by atoms with Crippen molar-refractivity contribution < 1.29 is 18.4 Å². The topological polar surface area (TPSA) is 96.0 Å². The molecule has 6 nitrogen and oxygen atoms in total. The van der Waals surface area contributed by atoms with Crippen LogP contribution in [0.5, 0.6) is 0 Å². The Balaban J connectivity index is 1.61. The zero-order valence-electron chi connectivity index (χ0n) is 15.4. The number of halogens is 3. The van der Waals surface area contributed by atoms with Crippen LogP contribution in [0.1, 0.15) is 12.3 Å². The summed E-state index contributed by atoms with van der Waals surface area (Å²) in [5.74, 6) is -2.56. The lowest BCUT2D eigenvalue weighted by atomic mass is 10.0. The predicted octanol–water partition coefficient (Wildman–Crippen LogP) is 5.07. The Labute approximate surface area is 181 Å². The smallest absolute Gasteiger partial charge is 0.249 e. The number of Topliss-reactive ketones (excluding diaryl/α,β-unsaturated/α-hetero) is 1. The fourth-order valence-electron chi connectivity index (χ4n) is 2.62. The number of oxazole rings is 1. The first-order chi connectivity index (χ1) is 14.4. The van der Waals surface area contributed by atoms with Crippen LogP contribution in [0.2, 0.25) is 10.0 Å². The summed E-state index contributed by atoms with van der Waals surface area (Å²) >= 11 is 11.8. The second-order valence-corrected chi connectivity index (χ2v) is 7.11. The van der Waals surface area contributed by atoms with Gasteiger partial charge in [0.2, 0.25) is 5.91 Å². The number of benzene rings is 2. The summed E-state index contributed by atoms with van der Waals surface area (Å²) in [6.07, 6.45) is 1.45. The zero-order valence-corrected chi connectivity index (χ0v) is 16.9. The van der Waals surface area contributed by atoms with Crippen LogP contribution in [0.15, 0.2) is 53.1 Å². The van der Waals surface area contributed by atoms with Gasteiger partial charge in [0.05, 0.1) is 23.0 Å². The van der Waals surface area contributed by atoms with Crippen molar-refractivity contribution in [3.05, 3.63) is 70.4 Å². The molecule has 0 bridgehead atoms. The zero-order chi connectivity index (χ0) is 21.7. The van der Waals surface area contributed by atoms with Gasteiger partial charge in [0.1, 0.15) is 5.82 Å². The number of hydrogen-bond acceptors (Lipinski definition) is 5. The predicted molar refractivity (Wildman–Crippen MR) is 109 cm³/mol. The summed E-state index contributed by atoms with van der Waals surface area (Å²) in [5, 5.41) is 12.3. The summed E-state index contributed by atoms with van der Waals surface area (Å²) in [6, 6.07) is 11.8. The minimum atomic E-state index is -1.51. The van der Waals surface area contributed by atoms with Gasteiger partial charge >= 0.3 is 0 Å². The van der Waals surface area contributed by atoms with Crippen molar-refractivity contribution in [3.8, 4) is 17.4 Å². The highest BCUT2D eigenvalue weighted by Gasteiger charge is 2.27. The molecule has 0 aliphatic carbocycles. The highest BCUT2D eigenvalue weighted by Crippen LogP contribution is 2.26. The Morgan fingerprint density at radius 2 is 1.93 bits per heavy atom. The fourth-order valence-corrected chi connectivity index (χ4v) is 3.08. The van der Waals surface area contributed by atoms with Crippen LogP contribution in [0, 0.1) is 23.1 Å². The molecule has 1 amide bonds. The highest BCUT2D eigenvalue weighted by atomic mass is 35.5. The molecule has 0 fully saturated rings. The van der Waals surface area contributed by atoms with E-state index in [1.54, 1.807) is 18.2 Å². The van der Waals surface area contributed by atoms with Crippen LogP contribution in [-0.2, 0) is 16.0 Å². The van der Waals surface area contributed by atoms with Crippen molar-refractivity contribution in [1.82, 2.24) is 4.98 Å². The number of aromatic nitrogens is 1. The van der Waals surface area contributed by atoms with E-state index in [1.807, 2.05) is 0 Å². The van der Waals surface area contributed by atoms with Crippen molar-refractivity contribution in [3.63, 3.8) is 0 Å². The number of anilines is 1. The minimum Gasteiger partial charge on any atom is -0.441 e. The third-order valence-corrected chi connectivity index (χ3v) is 4.72. The molecule has 0 aliphatic heterocycles. The molecule has 3 aromatic rings. The van der Waals surface area contributed by atoms with Crippen LogP contribution in [0.25, 0.3) is 11.3 Å². The summed E-state index contributed by atoms with van der Waals surface area (Å²) in [5.41, 5.74) is 0.881. The van der Waals surface area contributed by atoms with Crippen LogP contribution in [0.3, 0.4) is 0 Å². The molecule has 1 atom stereocenters. The van der Waals surface area contributed by atoms with Gasteiger partial charge in [-0.1, -0.05) is 23.2 Å². The Bertz CT molecular complexity index is 1120. The quantitative estimate of drug-likeness (QED) is 0.512. The number of carbonyl (C=O) groups is 2. The second kappa shape index (κ2) is 9.53. The number of aryl methyl sites for hydroxylation is 1. The van der Waals surface area contributed by atoms with E-state index in [1.165, 1.54) is 36.5 Å². The molecule has 1 aromatic heterocycles. The van der Waals surface area contributed by atoms with Gasteiger partial charge in [0, 0.05) is 23.4 Å². The number of rotatable bonds is 7. The van der Waals surface area contributed by atoms with Crippen molar-refractivity contribution >= 4 is 40.6 Å². The van der Waals surface area contributed by atoms with E-state index in [0.717, 1.165) is 0 Å². The number of nitrogens with zero attached hydrogens (tertiary/aromatic N) is 2.